The number of hydrogen-bond acceptors (Lipinski definition) is 4. The molecule has 0 spiro atoms. The van der Waals surface area contributed by atoms with E-state index in [0.717, 1.165) is 19.3 Å². The average Bonchev–Trinajstić information content (AvgIpc) is 2.27. The summed E-state index contributed by atoms with van der Waals surface area (Å²) >= 11 is 0. The number of aliphatic hydroxyl groups is 2. The fraction of sp³-hybridized carbons (Fsp3) is 0.818. The van der Waals surface area contributed by atoms with Crippen LogP contribution in [0.5, 0.6) is 0 Å². The van der Waals surface area contributed by atoms with Crippen LogP contribution in [0.15, 0.2) is 0 Å². The van der Waals surface area contributed by atoms with E-state index in [-0.39, 0.29) is 12.6 Å². The molecule has 1 unspecified atom stereocenters. The standard InChI is InChI=1S/C11H20N2O5/c14-6-2-5-13(8-3-1-4-8)11(18)12-9(7-15)10(16)17/h8-9,14-15H,1-7H2,(H,12,18)(H,16,17). The average molecular weight is 260 g/mol. The Hall–Kier alpha value is -1.34. The number of amides is 2. The van der Waals surface area contributed by atoms with E-state index in [4.69, 9.17) is 15.3 Å². The van der Waals surface area contributed by atoms with Gasteiger partial charge >= 0.3 is 12.0 Å². The van der Waals surface area contributed by atoms with E-state index < -0.39 is 24.6 Å². The van der Waals surface area contributed by atoms with Gasteiger partial charge in [0, 0.05) is 19.2 Å². The minimum atomic E-state index is -1.28. The second kappa shape index (κ2) is 7.17. The number of urea groups is 1. The Labute approximate surface area is 105 Å². The highest BCUT2D eigenvalue weighted by Gasteiger charge is 2.30. The molecular weight excluding hydrogens is 240 g/mol. The highest BCUT2D eigenvalue weighted by Crippen LogP contribution is 2.24. The molecule has 0 aliphatic heterocycles. The van der Waals surface area contributed by atoms with Gasteiger partial charge in [-0.2, -0.15) is 0 Å². The van der Waals surface area contributed by atoms with Gasteiger partial charge in [-0.3, -0.25) is 0 Å². The number of carbonyl (C=O) groups excluding carboxylic acids is 1. The van der Waals surface area contributed by atoms with Gasteiger partial charge in [0.05, 0.1) is 6.61 Å². The quantitative estimate of drug-likeness (QED) is 0.487. The van der Waals surface area contributed by atoms with Crippen LogP contribution in [0.4, 0.5) is 4.79 Å². The summed E-state index contributed by atoms with van der Waals surface area (Å²) in [7, 11) is 0. The Kier molecular flexibility index (Phi) is 5.87. The maximum Gasteiger partial charge on any atom is 0.328 e. The van der Waals surface area contributed by atoms with Crippen LogP contribution in [0.1, 0.15) is 25.7 Å². The number of nitrogens with one attached hydrogen (secondary N) is 1. The highest BCUT2D eigenvalue weighted by atomic mass is 16.4. The molecule has 0 saturated heterocycles. The fourth-order valence-corrected chi connectivity index (χ4v) is 1.81. The van der Waals surface area contributed by atoms with Crippen molar-refractivity contribution in [3.63, 3.8) is 0 Å². The van der Waals surface area contributed by atoms with Gasteiger partial charge in [-0.25, -0.2) is 9.59 Å². The molecule has 0 aromatic rings. The van der Waals surface area contributed by atoms with Crippen LogP contribution in [-0.4, -0.2) is 64.1 Å². The lowest BCUT2D eigenvalue weighted by atomic mass is 9.91. The second-order valence-corrected chi connectivity index (χ2v) is 4.38. The zero-order valence-corrected chi connectivity index (χ0v) is 10.2. The molecular formula is C11H20N2O5. The first-order valence-electron chi connectivity index (χ1n) is 6.11. The maximum absolute atomic E-state index is 11.9. The Morgan fingerprint density at radius 3 is 2.39 bits per heavy atom. The van der Waals surface area contributed by atoms with Crippen molar-refractivity contribution in [2.45, 2.75) is 37.8 Å². The summed E-state index contributed by atoms with van der Waals surface area (Å²) in [5, 5.41) is 28.7. The van der Waals surface area contributed by atoms with E-state index in [1.54, 1.807) is 4.90 Å². The molecule has 7 heteroatoms. The largest absolute Gasteiger partial charge is 0.480 e. The Bertz CT molecular complexity index is 293. The topological polar surface area (TPSA) is 110 Å². The Balaban J connectivity index is 2.54. The monoisotopic (exact) mass is 260 g/mol. The van der Waals surface area contributed by atoms with E-state index in [0.29, 0.717) is 13.0 Å². The number of aliphatic hydroxyl groups excluding tert-OH is 2. The van der Waals surface area contributed by atoms with Crippen molar-refractivity contribution in [3.05, 3.63) is 0 Å². The summed E-state index contributed by atoms with van der Waals surface area (Å²) in [5.41, 5.74) is 0. The second-order valence-electron chi connectivity index (χ2n) is 4.38. The number of aliphatic carboxylic acids is 1. The molecule has 0 heterocycles. The third kappa shape index (κ3) is 3.85. The molecule has 0 aromatic carbocycles. The number of carboxylic acids is 1. The van der Waals surface area contributed by atoms with Crippen molar-refractivity contribution < 1.29 is 24.9 Å². The van der Waals surface area contributed by atoms with Gasteiger partial charge in [-0.15, -0.1) is 0 Å². The number of carbonyl (C=O) groups is 2. The molecule has 18 heavy (non-hydrogen) atoms. The van der Waals surface area contributed by atoms with Gasteiger partial charge in [0.2, 0.25) is 0 Å². The summed E-state index contributed by atoms with van der Waals surface area (Å²) in [6.45, 7) is -0.261. The van der Waals surface area contributed by atoms with Crippen LogP contribution in [-0.2, 0) is 4.79 Å². The van der Waals surface area contributed by atoms with Crippen LogP contribution in [0, 0.1) is 0 Å². The molecule has 1 aliphatic rings. The molecule has 1 saturated carbocycles. The summed E-state index contributed by atoms with van der Waals surface area (Å²) < 4.78 is 0. The normalized spacial score (nSPS) is 16.8. The third-order valence-electron chi connectivity index (χ3n) is 3.11. The zero-order valence-electron chi connectivity index (χ0n) is 10.2. The van der Waals surface area contributed by atoms with E-state index in [1.807, 2.05) is 0 Å². The molecule has 0 radical (unpaired) electrons. The van der Waals surface area contributed by atoms with Crippen LogP contribution in [0.25, 0.3) is 0 Å². The molecule has 0 bridgehead atoms. The minimum Gasteiger partial charge on any atom is -0.480 e. The van der Waals surface area contributed by atoms with Gasteiger partial charge in [0.1, 0.15) is 0 Å². The molecule has 7 nitrogen and oxygen atoms in total. The molecule has 1 aliphatic carbocycles. The van der Waals surface area contributed by atoms with Crippen LogP contribution in [0.3, 0.4) is 0 Å². The van der Waals surface area contributed by atoms with E-state index in [1.165, 1.54) is 0 Å². The Morgan fingerprint density at radius 1 is 1.33 bits per heavy atom. The summed E-state index contributed by atoms with van der Waals surface area (Å²) in [4.78, 5) is 24.2. The van der Waals surface area contributed by atoms with Crippen molar-refractivity contribution in [2.24, 2.45) is 0 Å². The molecule has 4 N–H and O–H groups in total. The third-order valence-corrected chi connectivity index (χ3v) is 3.11. The van der Waals surface area contributed by atoms with Crippen molar-refractivity contribution in [1.29, 1.82) is 0 Å². The van der Waals surface area contributed by atoms with Crippen LogP contribution >= 0.6 is 0 Å². The number of nitrogens with zero attached hydrogens (tertiary/aromatic N) is 1. The van der Waals surface area contributed by atoms with Crippen LogP contribution in [0.2, 0.25) is 0 Å². The summed E-state index contributed by atoms with van der Waals surface area (Å²) in [6, 6.07) is -1.66. The molecule has 0 aromatic heterocycles. The number of hydrogen-bond donors (Lipinski definition) is 4. The highest BCUT2D eigenvalue weighted by molar-refractivity contribution is 5.82. The van der Waals surface area contributed by atoms with Crippen molar-refractivity contribution in [3.8, 4) is 0 Å². The molecule has 2 amide bonds. The van der Waals surface area contributed by atoms with Gasteiger partial charge in [-0.1, -0.05) is 0 Å². The van der Waals surface area contributed by atoms with Crippen LogP contribution < -0.4 is 5.32 Å². The first kappa shape index (κ1) is 14.7. The van der Waals surface area contributed by atoms with Gasteiger partial charge in [-0.05, 0) is 25.7 Å². The van der Waals surface area contributed by atoms with Gasteiger partial charge < -0.3 is 25.5 Å². The number of carboxylic acid groups (broad SMARTS) is 1. The zero-order chi connectivity index (χ0) is 13.5. The first-order valence-corrected chi connectivity index (χ1v) is 6.11. The summed E-state index contributed by atoms with van der Waals surface area (Å²) in [6.07, 6.45) is 3.31. The lowest BCUT2D eigenvalue weighted by Gasteiger charge is -2.38. The van der Waals surface area contributed by atoms with Crippen molar-refractivity contribution in [2.75, 3.05) is 19.8 Å². The SMILES string of the molecule is O=C(O)C(CO)NC(=O)N(CCCO)C1CCC1. The fourth-order valence-electron chi connectivity index (χ4n) is 1.81. The van der Waals surface area contributed by atoms with Crippen molar-refractivity contribution >= 4 is 12.0 Å². The molecule has 1 fully saturated rings. The molecule has 104 valence electrons. The minimum absolute atomic E-state index is 0.0150. The van der Waals surface area contributed by atoms with Gasteiger partial charge in [0.15, 0.2) is 6.04 Å². The predicted molar refractivity (Wildman–Crippen MR) is 63.1 cm³/mol. The lowest BCUT2D eigenvalue weighted by molar-refractivity contribution is -0.140. The predicted octanol–water partition coefficient (Wildman–Crippen LogP) is -0.622. The Morgan fingerprint density at radius 2 is 2.00 bits per heavy atom. The molecule has 1 rings (SSSR count). The summed E-state index contributed by atoms with van der Waals surface area (Å²) in [5.74, 6) is -1.26. The van der Waals surface area contributed by atoms with E-state index in [9.17, 15) is 9.59 Å². The number of rotatable bonds is 7. The first-order chi connectivity index (χ1) is 8.60. The van der Waals surface area contributed by atoms with E-state index >= 15 is 0 Å². The van der Waals surface area contributed by atoms with Crippen molar-refractivity contribution in [1.82, 2.24) is 10.2 Å². The lowest BCUT2D eigenvalue weighted by Crippen LogP contribution is -2.54. The molecule has 1 atom stereocenters. The smallest absolute Gasteiger partial charge is 0.328 e. The van der Waals surface area contributed by atoms with E-state index in [2.05, 4.69) is 5.32 Å². The maximum atomic E-state index is 11.9. The van der Waals surface area contributed by atoms with Gasteiger partial charge in [0.25, 0.3) is 0 Å².